The SMILES string of the molecule is N#CC(=C(O)c1cccc(NC2=C(Cl)C(=O)N(C3CCS(=O)(=O)C3)C2=O)c1)c1nc2ccccc2s1. The summed E-state index contributed by atoms with van der Waals surface area (Å²) < 4.78 is 24.5. The molecule has 0 aliphatic carbocycles. The summed E-state index contributed by atoms with van der Waals surface area (Å²) >= 11 is 7.43. The minimum Gasteiger partial charge on any atom is -0.506 e. The molecule has 0 radical (unpaired) electrons. The molecular weight excluding hydrogens is 524 g/mol. The molecule has 2 aromatic carbocycles. The molecule has 5 rings (SSSR count). The maximum Gasteiger partial charge on any atom is 0.279 e. The first-order valence-electron chi connectivity index (χ1n) is 10.7. The van der Waals surface area contributed by atoms with Crippen LogP contribution in [0.25, 0.3) is 21.5 Å². The Bertz CT molecular complexity index is 1620. The molecule has 3 aromatic rings. The van der Waals surface area contributed by atoms with Gasteiger partial charge in [-0.05, 0) is 30.7 Å². The zero-order chi connectivity index (χ0) is 25.6. The van der Waals surface area contributed by atoms with Crippen LogP contribution < -0.4 is 5.32 Å². The van der Waals surface area contributed by atoms with Gasteiger partial charge in [-0.3, -0.25) is 14.5 Å². The summed E-state index contributed by atoms with van der Waals surface area (Å²) in [4.78, 5) is 30.9. The molecule has 0 bridgehead atoms. The van der Waals surface area contributed by atoms with Crippen LogP contribution in [0.15, 0.2) is 59.3 Å². The van der Waals surface area contributed by atoms with Gasteiger partial charge in [0, 0.05) is 11.3 Å². The van der Waals surface area contributed by atoms with E-state index in [1.807, 2.05) is 30.3 Å². The van der Waals surface area contributed by atoms with Gasteiger partial charge in [-0.1, -0.05) is 35.9 Å². The number of amides is 2. The topological polar surface area (TPSA) is 140 Å². The molecule has 3 heterocycles. The standard InChI is InChI=1S/C24H17ClN4O5S2/c25-19-20(24(32)29(23(19)31)15-8-9-36(33,34)12-15)27-14-5-3-4-13(10-14)21(30)16(11-26)22-28-17-6-1-2-7-18(17)35-22/h1-7,10,15,27,30H,8-9,12H2. The Labute approximate surface area is 214 Å². The van der Waals surface area contributed by atoms with Crippen molar-refractivity contribution in [2.24, 2.45) is 0 Å². The number of carbonyl (C=O) groups is 2. The number of carbonyl (C=O) groups excluding carboxylic acids is 2. The van der Waals surface area contributed by atoms with Gasteiger partial charge >= 0.3 is 0 Å². The van der Waals surface area contributed by atoms with E-state index < -0.39 is 27.7 Å². The van der Waals surface area contributed by atoms with Crippen molar-refractivity contribution in [2.45, 2.75) is 12.5 Å². The molecule has 2 aliphatic heterocycles. The quantitative estimate of drug-likeness (QED) is 0.284. The fourth-order valence-corrected chi connectivity index (χ4v) is 7.03. The van der Waals surface area contributed by atoms with Crippen molar-refractivity contribution in [1.82, 2.24) is 9.88 Å². The minimum atomic E-state index is -3.32. The molecule has 0 saturated carbocycles. The number of rotatable bonds is 5. The first kappa shape index (κ1) is 24.0. The lowest BCUT2D eigenvalue weighted by Crippen LogP contribution is -2.42. The third-order valence-corrected chi connectivity index (χ3v) is 9.05. The number of fused-ring (bicyclic) bond motifs is 1. The number of allylic oxidation sites excluding steroid dienone is 1. The van der Waals surface area contributed by atoms with Crippen molar-refractivity contribution < 1.29 is 23.1 Å². The molecule has 2 N–H and O–H groups in total. The molecule has 2 amide bonds. The van der Waals surface area contributed by atoms with Gasteiger partial charge in [-0.15, -0.1) is 11.3 Å². The van der Waals surface area contributed by atoms with E-state index in [1.165, 1.54) is 17.4 Å². The van der Waals surface area contributed by atoms with Gasteiger partial charge in [0.1, 0.15) is 33.1 Å². The fourth-order valence-electron chi connectivity index (χ4n) is 4.15. The number of benzene rings is 2. The van der Waals surface area contributed by atoms with E-state index in [9.17, 15) is 28.4 Å². The molecule has 1 atom stereocenters. The number of aromatic nitrogens is 1. The molecule has 9 nitrogen and oxygen atoms in total. The largest absolute Gasteiger partial charge is 0.506 e. The van der Waals surface area contributed by atoms with Crippen LogP contribution in [0.4, 0.5) is 5.69 Å². The third-order valence-electron chi connectivity index (χ3n) is 5.89. The van der Waals surface area contributed by atoms with Crippen LogP contribution in [0.3, 0.4) is 0 Å². The molecule has 12 heteroatoms. The van der Waals surface area contributed by atoms with E-state index in [0.29, 0.717) is 16.2 Å². The molecule has 36 heavy (non-hydrogen) atoms. The van der Waals surface area contributed by atoms with Crippen LogP contribution in [0, 0.1) is 11.3 Å². The predicted molar refractivity (Wildman–Crippen MR) is 137 cm³/mol. The number of anilines is 1. The van der Waals surface area contributed by atoms with Crippen molar-refractivity contribution in [3.8, 4) is 6.07 Å². The molecule has 0 spiro atoms. The van der Waals surface area contributed by atoms with E-state index in [2.05, 4.69) is 10.3 Å². The number of para-hydroxylation sites is 1. The van der Waals surface area contributed by atoms with Crippen molar-refractivity contribution >= 4 is 71.8 Å². The molecular formula is C24H17ClN4O5S2. The highest BCUT2D eigenvalue weighted by atomic mass is 35.5. The van der Waals surface area contributed by atoms with E-state index in [0.717, 1.165) is 9.60 Å². The van der Waals surface area contributed by atoms with Gasteiger partial charge in [0.05, 0.1) is 27.8 Å². The predicted octanol–water partition coefficient (Wildman–Crippen LogP) is 3.66. The normalized spacial score (nSPS) is 20.1. The van der Waals surface area contributed by atoms with Gasteiger partial charge in [-0.25, -0.2) is 13.4 Å². The first-order chi connectivity index (χ1) is 17.2. The highest BCUT2D eigenvalue weighted by Gasteiger charge is 2.45. The second-order valence-corrected chi connectivity index (χ2v) is 11.9. The average Bonchev–Trinajstić information content (AvgIpc) is 3.50. The van der Waals surface area contributed by atoms with Gasteiger partial charge in [0.25, 0.3) is 11.8 Å². The molecule has 2 aliphatic rings. The van der Waals surface area contributed by atoms with Gasteiger partial charge in [-0.2, -0.15) is 5.26 Å². The Morgan fingerprint density at radius 2 is 1.97 bits per heavy atom. The number of hydrogen-bond donors (Lipinski definition) is 2. The summed E-state index contributed by atoms with van der Waals surface area (Å²) in [6, 6.07) is 14.9. The Kier molecular flexibility index (Phi) is 6.04. The number of hydrogen-bond acceptors (Lipinski definition) is 9. The van der Waals surface area contributed by atoms with Crippen LogP contribution in [0.5, 0.6) is 0 Å². The minimum absolute atomic E-state index is 0.00802. The number of thiazole rings is 1. The maximum atomic E-state index is 13.0. The molecule has 1 saturated heterocycles. The fraction of sp³-hybridized carbons (Fsp3) is 0.167. The van der Waals surface area contributed by atoms with Crippen molar-refractivity contribution in [3.63, 3.8) is 0 Å². The Balaban J connectivity index is 1.43. The maximum absolute atomic E-state index is 13.0. The highest BCUT2D eigenvalue weighted by Crippen LogP contribution is 2.33. The van der Waals surface area contributed by atoms with E-state index in [4.69, 9.17) is 11.6 Å². The van der Waals surface area contributed by atoms with Crippen LogP contribution in [0.1, 0.15) is 17.0 Å². The van der Waals surface area contributed by atoms with Crippen LogP contribution in [0.2, 0.25) is 0 Å². The van der Waals surface area contributed by atoms with E-state index >= 15 is 0 Å². The molecule has 1 fully saturated rings. The number of imide groups is 1. The Morgan fingerprint density at radius 3 is 2.67 bits per heavy atom. The number of aliphatic hydroxyl groups is 1. The second-order valence-electron chi connectivity index (χ2n) is 8.25. The van der Waals surface area contributed by atoms with E-state index in [-0.39, 0.29) is 45.6 Å². The van der Waals surface area contributed by atoms with Crippen LogP contribution in [-0.2, 0) is 19.4 Å². The monoisotopic (exact) mass is 540 g/mol. The van der Waals surface area contributed by atoms with Crippen LogP contribution >= 0.6 is 22.9 Å². The number of sulfone groups is 1. The number of halogens is 1. The molecule has 1 aromatic heterocycles. The third kappa shape index (κ3) is 4.24. The second kappa shape index (κ2) is 9.05. The smallest absolute Gasteiger partial charge is 0.279 e. The average molecular weight is 541 g/mol. The van der Waals surface area contributed by atoms with Crippen LogP contribution in [-0.4, -0.2) is 52.8 Å². The number of nitriles is 1. The van der Waals surface area contributed by atoms with Gasteiger partial charge < -0.3 is 10.4 Å². The Hall–Kier alpha value is -3.72. The number of nitrogens with zero attached hydrogens (tertiary/aromatic N) is 3. The highest BCUT2D eigenvalue weighted by molar-refractivity contribution is 7.91. The number of aliphatic hydroxyl groups excluding tert-OH is 1. The van der Waals surface area contributed by atoms with Crippen molar-refractivity contribution in [1.29, 1.82) is 5.26 Å². The lowest BCUT2D eigenvalue weighted by atomic mass is 10.1. The first-order valence-corrected chi connectivity index (χ1v) is 13.7. The van der Waals surface area contributed by atoms with Gasteiger partial charge in [0.2, 0.25) is 0 Å². The molecule has 182 valence electrons. The zero-order valence-electron chi connectivity index (χ0n) is 18.4. The van der Waals surface area contributed by atoms with Gasteiger partial charge in [0.15, 0.2) is 9.84 Å². The summed E-state index contributed by atoms with van der Waals surface area (Å²) in [7, 11) is -3.32. The summed E-state index contributed by atoms with van der Waals surface area (Å²) in [5.74, 6) is -2.17. The lowest BCUT2D eigenvalue weighted by Gasteiger charge is -2.21. The molecule has 1 unspecified atom stereocenters. The van der Waals surface area contributed by atoms with Crippen molar-refractivity contribution in [2.75, 3.05) is 16.8 Å². The summed E-state index contributed by atoms with van der Waals surface area (Å²) in [6.45, 7) is 0. The summed E-state index contributed by atoms with van der Waals surface area (Å²) in [5, 5.41) is 23.5. The van der Waals surface area contributed by atoms with E-state index in [1.54, 1.807) is 18.2 Å². The van der Waals surface area contributed by atoms with Crippen molar-refractivity contribution in [3.05, 3.63) is 69.8 Å². The zero-order valence-corrected chi connectivity index (χ0v) is 20.8. The Morgan fingerprint density at radius 1 is 1.19 bits per heavy atom. The summed E-state index contributed by atoms with van der Waals surface area (Å²) in [5.41, 5.74) is 1.13. The number of nitrogens with one attached hydrogen (secondary N) is 1. The lowest BCUT2D eigenvalue weighted by molar-refractivity contribution is -0.139. The summed E-state index contributed by atoms with van der Waals surface area (Å²) in [6.07, 6.45) is 0.161.